The highest BCUT2D eigenvalue weighted by molar-refractivity contribution is 6.01. The van der Waals surface area contributed by atoms with E-state index in [0.717, 1.165) is 11.3 Å². The number of phenols is 1. The van der Waals surface area contributed by atoms with Crippen molar-refractivity contribution in [3.63, 3.8) is 0 Å². The first-order chi connectivity index (χ1) is 8.61. The van der Waals surface area contributed by atoms with Crippen molar-refractivity contribution in [2.45, 2.75) is 19.4 Å². The van der Waals surface area contributed by atoms with Crippen LogP contribution in [0.15, 0.2) is 29.4 Å². The van der Waals surface area contributed by atoms with Gasteiger partial charge in [0.15, 0.2) is 0 Å². The molecule has 1 heterocycles. The summed E-state index contributed by atoms with van der Waals surface area (Å²) in [6, 6.07) is 6.72. The van der Waals surface area contributed by atoms with Crippen LogP contribution in [0, 0.1) is 5.92 Å². The van der Waals surface area contributed by atoms with Crippen LogP contribution in [-0.4, -0.2) is 30.0 Å². The van der Waals surface area contributed by atoms with E-state index in [0.29, 0.717) is 6.42 Å². The largest absolute Gasteiger partial charge is 0.508 e. The number of nitrogens with zero attached hydrogens (tertiary/aromatic N) is 1. The average molecular weight is 249 g/mol. The van der Waals surface area contributed by atoms with E-state index in [1.807, 2.05) is 0 Å². The molecule has 0 radical (unpaired) electrons. The molecule has 1 aliphatic rings. The fourth-order valence-corrected chi connectivity index (χ4v) is 1.83. The van der Waals surface area contributed by atoms with Gasteiger partial charge in [0.1, 0.15) is 11.9 Å². The molecule has 0 aromatic heterocycles. The monoisotopic (exact) mass is 249 g/mol. The third kappa shape index (κ3) is 2.45. The van der Waals surface area contributed by atoms with Crippen molar-refractivity contribution >= 4 is 11.7 Å². The molecule has 96 valence electrons. The summed E-state index contributed by atoms with van der Waals surface area (Å²) in [5, 5.41) is 13.2. The van der Waals surface area contributed by atoms with Crippen LogP contribution >= 0.6 is 0 Å². The average Bonchev–Trinajstić information content (AvgIpc) is 2.87. The second-order valence-corrected chi connectivity index (χ2v) is 4.24. The van der Waals surface area contributed by atoms with Gasteiger partial charge in [-0.05, 0) is 36.8 Å². The minimum atomic E-state index is -0.353. The molecule has 0 aliphatic carbocycles. The highest BCUT2D eigenvalue weighted by Crippen LogP contribution is 2.23. The van der Waals surface area contributed by atoms with Crippen molar-refractivity contribution in [1.29, 1.82) is 0 Å². The standard InChI is InChI=1S/C13H15NO4/c1-8(13(16)17-2)12-7-11(14-18-12)9-3-5-10(15)6-4-9/h3-6,8,12,15H,7H2,1-2H3/t8-,12?/m0/s1. The molecule has 0 saturated heterocycles. The Bertz CT molecular complexity index is 466. The molecule has 1 aliphatic heterocycles. The molecule has 1 unspecified atom stereocenters. The van der Waals surface area contributed by atoms with E-state index in [2.05, 4.69) is 9.89 Å². The van der Waals surface area contributed by atoms with E-state index in [1.54, 1.807) is 31.2 Å². The van der Waals surface area contributed by atoms with Crippen molar-refractivity contribution in [3.05, 3.63) is 29.8 Å². The molecule has 5 heteroatoms. The Morgan fingerprint density at radius 1 is 1.50 bits per heavy atom. The number of benzene rings is 1. The Morgan fingerprint density at radius 3 is 2.78 bits per heavy atom. The van der Waals surface area contributed by atoms with Crippen molar-refractivity contribution in [3.8, 4) is 5.75 Å². The fourth-order valence-electron chi connectivity index (χ4n) is 1.83. The highest BCUT2D eigenvalue weighted by Gasteiger charge is 2.32. The van der Waals surface area contributed by atoms with E-state index in [9.17, 15) is 9.90 Å². The molecular formula is C13H15NO4. The summed E-state index contributed by atoms with van der Waals surface area (Å²) < 4.78 is 4.68. The first-order valence-corrected chi connectivity index (χ1v) is 5.71. The quantitative estimate of drug-likeness (QED) is 0.828. The van der Waals surface area contributed by atoms with E-state index in [4.69, 9.17) is 4.84 Å². The van der Waals surface area contributed by atoms with Gasteiger partial charge < -0.3 is 14.7 Å². The van der Waals surface area contributed by atoms with Gasteiger partial charge in [0.25, 0.3) is 0 Å². The number of methoxy groups -OCH3 is 1. The molecule has 0 amide bonds. The topological polar surface area (TPSA) is 68.1 Å². The number of hydrogen-bond donors (Lipinski definition) is 1. The van der Waals surface area contributed by atoms with Crippen molar-refractivity contribution in [1.82, 2.24) is 0 Å². The summed E-state index contributed by atoms with van der Waals surface area (Å²) in [5.41, 5.74) is 1.66. The Hall–Kier alpha value is -2.04. The molecule has 2 atom stereocenters. The molecule has 1 aromatic carbocycles. The molecule has 18 heavy (non-hydrogen) atoms. The van der Waals surface area contributed by atoms with Gasteiger partial charge in [0.05, 0.1) is 18.7 Å². The van der Waals surface area contributed by atoms with Gasteiger partial charge in [-0.1, -0.05) is 5.16 Å². The van der Waals surface area contributed by atoms with Gasteiger partial charge in [-0.2, -0.15) is 0 Å². The van der Waals surface area contributed by atoms with E-state index < -0.39 is 0 Å². The van der Waals surface area contributed by atoms with Crippen LogP contribution in [0.3, 0.4) is 0 Å². The number of carbonyl (C=O) groups is 1. The summed E-state index contributed by atoms with van der Waals surface area (Å²) >= 11 is 0. The first kappa shape index (κ1) is 12.4. The Kier molecular flexibility index (Phi) is 3.50. The third-order valence-corrected chi connectivity index (χ3v) is 3.02. The highest BCUT2D eigenvalue weighted by atomic mass is 16.6. The summed E-state index contributed by atoms with van der Waals surface area (Å²) in [5.74, 6) is -0.451. The maximum absolute atomic E-state index is 11.4. The van der Waals surface area contributed by atoms with Crippen molar-refractivity contribution in [2.75, 3.05) is 7.11 Å². The Labute approximate surface area is 105 Å². The number of ether oxygens (including phenoxy) is 1. The minimum absolute atomic E-state index is 0.206. The number of hydrogen-bond acceptors (Lipinski definition) is 5. The van der Waals surface area contributed by atoms with Crippen LogP contribution in [-0.2, 0) is 14.4 Å². The maximum Gasteiger partial charge on any atom is 0.312 e. The lowest BCUT2D eigenvalue weighted by Gasteiger charge is -2.14. The van der Waals surface area contributed by atoms with Crippen LogP contribution in [0.2, 0.25) is 0 Å². The lowest BCUT2D eigenvalue weighted by atomic mass is 9.97. The van der Waals surface area contributed by atoms with Crippen LogP contribution < -0.4 is 0 Å². The summed E-state index contributed by atoms with van der Waals surface area (Å²) in [4.78, 5) is 16.7. The predicted octanol–water partition coefficient (Wildman–Crippen LogP) is 1.69. The smallest absolute Gasteiger partial charge is 0.312 e. The maximum atomic E-state index is 11.4. The van der Waals surface area contributed by atoms with E-state index >= 15 is 0 Å². The predicted molar refractivity (Wildman–Crippen MR) is 65.3 cm³/mol. The van der Waals surface area contributed by atoms with Gasteiger partial charge in [0, 0.05) is 6.42 Å². The van der Waals surface area contributed by atoms with Crippen molar-refractivity contribution in [2.24, 2.45) is 11.1 Å². The SMILES string of the molecule is COC(=O)[C@@H](C)C1CC(c2ccc(O)cc2)=NO1. The van der Waals surface area contributed by atoms with Gasteiger partial charge >= 0.3 is 5.97 Å². The Morgan fingerprint density at radius 2 is 2.17 bits per heavy atom. The van der Waals surface area contributed by atoms with Crippen LogP contribution in [0.1, 0.15) is 18.9 Å². The lowest BCUT2D eigenvalue weighted by Crippen LogP contribution is -2.27. The van der Waals surface area contributed by atoms with Gasteiger partial charge in [-0.3, -0.25) is 4.79 Å². The molecule has 0 spiro atoms. The number of oxime groups is 1. The fraction of sp³-hybridized carbons (Fsp3) is 0.385. The number of phenolic OH excluding ortho intramolecular Hbond substituents is 1. The number of esters is 1. The molecule has 0 bridgehead atoms. The number of carbonyl (C=O) groups excluding carboxylic acids is 1. The molecule has 0 saturated carbocycles. The zero-order chi connectivity index (χ0) is 13.1. The zero-order valence-electron chi connectivity index (χ0n) is 10.3. The first-order valence-electron chi connectivity index (χ1n) is 5.71. The third-order valence-electron chi connectivity index (χ3n) is 3.02. The molecule has 1 aromatic rings. The molecular weight excluding hydrogens is 234 g/mol. The van der Waals surface area contributed by atoms with Crippen LogP contribution in [0.25, 0.3) is 0 Å². The normalized spacial score (nSPS) is 19.9. The molecule has 2 rings (SSSR count). The summed E-state index contributed by atoms with van der Waals surface area (Å²) in [7, 11) is 1.36. The van der Waals surface area contributed by atoms with E-state index in [1.165, 1.54) is 7.11 Å². The minimum Gasteiger partial charge on any atom is -0.508 e. The van der Waals surface area contributed by atoms with Crippen LogP contribution in [0.5, 0.6) is 5.75 Å². The molecule has 1 N–H and O–H groups in total. The molecule has 5 nitrogen and oxygen atoms in total. The second-order valence-electron chi connectivity index (χ2n) is 4.24. The Balaban J connectivity index is 2.03. The lowest BCUT2D eigenvalue weighted by molar-refractivity contribution is -0.149. The van der Waals surface area contributed by atoms with Gasteiger partial charge in [-0.15, -0.1) is 0 Å². The second kappa shape index (κ2) is 5.08. The summed E-state index contributed by atoms with van der Waals surface area (Å²) in [6.45, 7) is 1.76. The van der Waals surface area contributed by atoms with Gasteiger partial charge in [0.2, 0.25) is 0 Å². The summed E-state index contributed by atoms with van der Waals surface area (Å²) in [6.07, 6.45) is 0.266. The zero-order valence-corrected chi connectivity index (χ0v) is 10.3. The van der Waals surface area contributed by atoms with Crippen LogP contribution in [0.4, 0.5) is 0 Å². The number of aromatic hydroxyl groups is 1. The van der Waals surface area contributed by atoms with E-state index in [-0.39, 0.29) is 23.7 Å². The molecule has 0 fully saturated rings. The number of rotatable bonds is 3. The van der Waals surface area contributed by atoms with Gasteiger partial charge in [-0.25, -0.2) is 0 Å². The van der Waals surface area contributed by atoms with Crippen molar-refractivity contribution < 1.29 is 19.5 Å².